The molecule has 39 heavy (non-hydrogen) atoms. The lowest BCUT2D eigenvalue weighted by Crippen LogP contribution is -2.36. The lowest BCUT2D eigenvalue weighted by molar-refractivity contribution is -0.131. The average Bonchev–Trinajstić information content (AvgIpc) is 3.61. The minimum Gasteiger partial charge on any atom is -0.493 e. The number of halogens is 1. The van der Waals surface area contributed by atoms with E-state index in [9.17, 15) is 9.18 Å². The number of hydrogen-bond acceptors (Lipinski definition) is 7. The zero-order chi connectivity index (χ0) is 26.9. The third kappa shape index (κ3) is 5.92. The number of benzene rings is 1. The van der Waals surface area contributed by atoms with Gasteiger partial charge in [-0.2, -0.15) is 0 Å². The van der Waals surface area contributed by atoms with Crippen molar-refractivity contribution in [3.05, 3.63) is 64.9 Å². The van der Waals surface area contributed by atoms with Crippen LogP contribution in [-0.2, 0) is 24.2 Å². The van der Waals surface area contributed by atoms with Crippen molar-refractivity contribution < 1.29 is 18.3 Å². The first-order chi connectivity index (χ1) is 18.9. The van der Waals surface area contributed by atoms with E-state index in [1.54, 1.807) is 24.0 Å². The molecular formula is C30H36FN5O3. The van der Waals surface area contributed by atoms with E-state index in [2.05, 4.69) is 19.9 Å². The fourth-order valence-corrected chi connectivity index (χ4v) is 6.16. The SMILES string of the molecule is Cc1cnc(N2CCC([C@H]3C[C@H]3CCOc3ccc(CC(=O)N4CCc5nc(C)oc5C4)c(F)c3)CC2)nc1. The van der Waals surface area contributed by atoms with Crippen LogP contribution < -0.4 is 9.64 Å². The normalized spacial score (nSPS) is 21.1. The molecule has 8 nitrogen and oxygen atoms in total. The van der Waals surface area contributed by atoms with Crippen molar-refractivity contribution in [3.8, 4) is 5.75 Å². The molecule has 2 aromatic heterocycles. The number of anilines is 1. The fourth-order valence-electron chi connectivity index (χ4n) is 6.16. The number of ether oxygens (including phenoxy) is 1. The zero-order valence-corrected chi connectivity index (χ0v) is 22.7. The van der Waals surface area contributed by atoms with Crippen molar-refractivity contribution in [2.75, 3.05) is 31.1 Å². The van der Waals surface area contributed by atoms with Crippen LogP contribution in [0.5, 0.6) is 5.75 Å². The standard InChI is InChI=1S/C30H36FN5O3/c1-19-16-32-30(33-17-19)35-9-5-21(6-10-35)25-13-22(25)8-12-38-24-4-3-23(26(31)15-24)14-29(37)36-11-7-27-28(18-36)39-20(2)34-27/h3-4,15-17,21-22,25H,5-14,18H2,1-2H3/t22-,25-/m1/s1. The maximum atomic E-state index is 14.8. The Balaban J connectivity index is 0.924. The molecule has 3 aromatic rings. The zero-order valence-electron chi connectivity index (χ0n) is 22.7. The van der Waals surface area contributed by atoms with Crippen LogP contribution in [0.2, 0.25) is 0 Å². The summed E-state index contributed by atoms with van der Waals surface area (Å²) in [4.78, 5) is 30.1. The largest absolute Gasteiger partial charge is 0.493 e. The number of piperidine rings is 1. The molecule has 2 fully saturated rings. The molecule has 6 rings (SSSR count). The smallest absolute Gasteiger partial charge is 0.227 e. The van der Waals surface area contributed by atoms with Crippen LogP contribution in [0.3, 0.4) is 0 Å². The summed E-state index contributed by atoms with van der Waals surface area (Å²) in [7, 11) is 0. The predicted molar refractivity (Wildman–Crippen MR) is 144 cm³/mol. The monoisotopic (exact) mass is 533 g/mol. The highest BCUT2D eigenvalue weighted by Gasteiger charge is 2.43. The van der Waals surface area contributed by atoms with Crippen LogP contribution in [-0.4, -0.2) is 52.0 Å². The second-order valence-electron chi connectivity index (χ2n) is 11.3. The van der Waals surface area contributed by atoms with E-state index >= 15 is 0 Å². The highest BCUT2D eigenvalue weighted by Crippen LogP contribution is 2.49. The number of nitrogens with zero attached hydrogens (tertiary/aromatic N) is 5. The van der Waals surface area contributed by atoms with E-state index in [1.165, 1.54) is 25.3 Å². The van der Waals surface area contributed by atoms with Crippen LogP contribution in [0, 0.1) is 37.4 Å². The van der Waals surface area contributed by atoms with Gasteiger partial charge in [0, 0.05) is 51.4 Å². The molecule has 1 aliphatic carbocycles. The van der Waals surface area contributed by atoms with Gasteiger partial charge in [0.1, 0.15) is 17.3 Å². The van der Waals surface area contributed by atoms with Crippen molar-refractivity contribution in [1.29, 1.82) is 0 Å². The summed E-state index contributed by atoms with van der Waals surface area (Å²) < 4.78 is 26.3. The van der Waals surface area contributed by atoms with Gasteiger partial charge in [0.25, 0.3) is 0 Å². The Morgan fingerprint density at radius 3 is 2.72 bits per heavy atom. The first kappa shape index (κ1) is 25.8. The van der Waals surface area contributed by atoms with E-state index < -0.39 is 5.82 Å². The molecule has 0 radical (unpaired) electrons. The van der Waals surface area contributed by atoms with Gasteiger partial charge in [0.15, 0.2) is 5.89 Å². The van der Waals surface area contributed by atoms with Crippen molar-refractivity contribution >= 4 is 11.9 Å². The molecule has 1 saturated carbocycles. The van der Waals surface area contributed by atoms with Crippen molar-refractivity contribution in [2.24, 2.45) is 17.8 Å². The van der Waals surface area contributed by atoms with Gasteiger partial charge in [0.05, 0.1) is 25.3 Å². The Labute approximate surface area is 228 Å². The quantitative estimate of drug-likeness (QED) is 0.416. The maximum Gasteiger partial charge on any atom is 0.227 e. The second kappa shape index (κ2) is 10.9. The number of aryl methyl sites for hydroxylation is 2. The van der Waals surface area contributed by atoms with Crippen LogP contribution in [0.4, 0.5) is 10.3 Å². The Kier molecular flexibility index (Phi) is 7.23. The minimum atomic E-state index is -0.400. The summed E-state index contributed by atoms with van der Waals surface area (Å²) in [5, 5.41) is 0. The van der Waals surface area contributed by atoms with Crippen molar-refractivity contribution in [1.82, 2.24) is 19.9 Å². The Morgan fingerprint density at radius 1 is 1.15 bits per heavy atom. The molecule has 2 atom stereocenters. The molecule has 0 N–H and O–H groups in total. The van der Waals surface area contributed by atoms with E-state index in [0.29, 0.717) is 49.2 Å². The molecule has 206 valence electrons. The number of amides is 1. The summed E-state index contributed by atoms with van der Waals surface area (Å²) in [6, 6.07) is 4.85. The number of fused-ring (bicyclic) bond motifs is 1. The minimum absolute atomic E-state index is 0.0210. The van der Waals surface area contributed by atoms with Gasteiger partial charge in [-0.05, 0) is 67.6 Å². The lowest BCUT2D eigenvalue weighted by Gasteiger charge is -2.32. The number of carbonyl (C=O) groups is 1. The Hall–Kier alpha value is -3.49. The molecule has 1 aromatic carbocycles. The highest BCUT2D eigenvalue weighted by atomic mass is 19.1. The van der Waals surface area contributed by atoms with Gasteiger partial charge in [-0.1, -0.05) is 6.07 Å². The topological polar surface area (TPSA) is 84.6 Å². The Bertz CT molecular complexity index is 1320. The van der Waals surface area contributed by atoms with Crippen molar-refractivity contribution in [2.45, 2.75) is 58.9 Å². The number of carbonyl (C=O) groups excluding carboxylic acids is 1. The van der Waals surface area contributed by atoms with Gasteiger partial charge in [-0.25, -0.2) is 19.3 Å². The molecule has 4 heterocycles. The second-order valence-corrected chi connectivity index (χ2v) is 11.3. The molecule has 3 aliphatic rings. The van der Waals surface area contributed by atoms with E-state index in [4.69, 9.17) is 9.15 Å². The molecule has 0 spiro atoms. The first-order valence-corrected chi connectivity index (χ1v) is 14.1. The lowest BCUT2D eigenvalue weighted by atomic mass is 9.90. The third-order valence-corrected chi connectivity index (χ3v) is 8.49. The van der Waals surface area contributed by atoms with Crippen LogP contribution in [0.25, 0.3) is 0 Å². The van der Waals surface area contributed by atoms with Gasteiger partial charge >= 0.3 is 0 Å². The van der Waals surface area contributed by atoms with Crippen LogP contribution in [0.15, 0.2) is 35.0 Å². The number of aromatic nitrogens is 3. The molecule has 2 aliphatic heterocycles. The van der Waals surface area contributed by atoms with Gasteiger partial charge in [0.2, 0.25) is 11.9 Å². The van der Waals surface area contributed by atoms with Crippen LogP contribution >= 0.6 is 0 Å². The van der Waals surface area contributed by atoms with Gasteiger partial charge in [-0.15, -0.1) is 0 Å². The molecule has 0 bridgehead atoms. The van der Waals surface area contributed by atoms with E-state index in [1.807, 2.05) is 19.3 Å². The fraction of sp³-hybridized carbons (Fsp3) is 0.533. The van der Waals surface area contributed by atoms with E-state index in [0.717, 1.165) is 54.3 Å². The molecule has 9 heteroatoms. The number of hydrogen-bond donors (Lipinski definition) is 0. The number of rotatable bonds is 8. The van der Waals surface area contributed by atoms with Gasteiger partial charge < -0.3 is 19.0 Å². The molecule has 1 amide bonds. The van der Waals surface area contributed by atoms with Crippen molar-refractivity contribution in [3.63, 3.8) is 0 Å². The summed E-state index contributed by atoms with van der Waals surface area (Å²) in [5.74, 6) is 4.41. The van der Waals surface area contributed by atoms with Crippen LogP contribution in [0.1, 0.15) is 54.2 Å². The molecular weight excluding hydrogens is 497 g/mol. The highest BCUT2D eigenvalue weighted by molar-refractivity contribution is 5.79. The molecule has 1 saturated heterocycles. The third-order valence-electron chi connectivity index (χ3n) is 8.49. The van der Waals surface area contributed by atoms with E-state index in [-0.39, 0.29) is 12.3 Å². The first-order valence-electron chi connectivity index (χ1n) is 14.1. The summed E-state index contributed by atoms with van der Waals surface area (Å²) in [5.41, 5.74) is 2.39. The molecule has 0 unspecified atom stereocenters. The summed E-state index contributed by atoms with van der Waals surface area (Å²) in [6.07, 6.45) is 9.07. The van der Waals surface area contributed by atoms with Gasteiger partial charge in [-0.3, -0.25) is 4.79 Å². The number of oxazole rings is 1. The maximum absolute atomic E-state index is 14.8. The summed E-state index contributed by atoms with van der Waals surface area (Å²) >= 11 is 0. The predicted octanol–water partition coefficient (Wildman–Crippen LogP) is 4.67. The average molecular weight is 534 g/mol. The Morgan fingerprint density at radius 2 is 1.95 bits per heavy atom. The summed E-state index contributed by atoms with van der Waals surface area (Å²) in [6.45, 7) is 7.39.